The molecule has 0 saturated carbocycles. The summed E-state index contributed by atoms with van der Waals surface area (Å²) in [5.74, 6) is -0.320. The molecule has 20 heavy (non-hydrogen) atoms. The van der Waals surface area contributed by atoms with Crippen molar-refractivity contribution < 1.29 is 14.8 Å². The lowest BCUT2D eigenvalue weighted by atomic mass is 9.96. The van der Waals surface area contributed by atoms with Crippen LogP contribution in [0, 0.1) is 16.0 Å². The molecule has 3 N–H and O–H groups in total. The molecule has 1 aliphatic heterocycles. The second-order valence-corrected chi connectivity index (χ2v) is 4.97. The molecule has 8 nitrogen and oxygen atoms in total. The SMILES string of the molecule is CC1CCN(c2ncc([N+](=O)[O-])cc2C(N)=O)CC1O. The number of pyridine rings is 1. The molecular weight excluding hydrogens is 264 g/mol. The average molecular weight is 280 g/mol. The number of primary amides is 1. The fourth-order valence-corrected chi connectivity index (χ4v) is 2.22. The molecule has 2 atom stereocenters. The van der Waals surface area contributed by atoms with E-state index in [2.05, 4.69) is 4.98 Å². The zero-order valence-electron chi connectivity index (χ0n) is 11.0. The number of aliphatic hydroxyl groups excluding tert-OH is 1. The molecule has 0 aromatic carbocycles. The van der Waals surface area contributed by atoms with Gasteiger partial charge in [-0.05, 0) is 12.3 Å². The number of carbonyl (C=O) groups excluding carboxylic acids is 1. The summed E-state index contributed by atoms with van der Waals surface area (Å²) in [5, 5.41) is 20.6. The smallest absolute Gasteiger partial charge is 0.288 e. The lowest BCUT2D eigenvalue weighted by Crippen LogP contribution is -2.44. The second-order valence-electron chi connectivity index (χ2n) is 4.97. The van der Waals surface area contributed by atoms with Gasteiger partial charge in [0, 0.05) is 19.2 Å². The molecule has 1 aromatic heterocycles. The summed E-state index contributed by atoms with van der Waals surface area (Å²) in [5.41, 5.74) is 4.98. The Morgan fingerprint density at radius 2 is 2.35 bits per heavy atom. The third-order valence-electron chi connectivity index (χ3n) is 3.55. The van der Waals surface area contributed by atoms with Crippen molar-refractivity contribution in [2.45, 2.75) is 19.4 Å². The van der Waals surface area contributed by atoms with Gasteiger partial charge in [0.15, 0.2) is 0 Å². The topological polar surface area (TPSA) is 123 Å². The lowest BCUT2D eigenvalue weighted by molar-refractivity contribution is -0.385. The highest BCUT2D eigenvalue weighted by Gasteiger charge is 2.28. The number of aliphatic hydroxyl groups is 1. The van der Waals surface area contributed by atoms with Crippen LogP contribution in [0.4, 0.5) is 11.5 Å². The van der Waals surface area contributed by atoms with Crippen LogP contribution in [0.2, 0.25) is 0 Å². The maximum absolute atomic E-state index is 11.5. The zero-order chi connectivity index (χ0) is 14.9. The number of carbonyl (C=O) groups is 1. The lowest BCUT2D eigenvalue weighted by Gasteiger charge is -2.35. The highest BCUT2D eigenvalue weighted by atomic mass is 16.6. The normalized spacial score (nSPS) is 22.6. The highest BCUT2D eigenvalue weighted by molar-refractivity contribution is 5.98. The summed E-state index contributed by atoms with van der Waals surface area (Å²) in [6.45, 7) is 2.88. The van der Waals surface area contributed by atoms with Crippen LogP contribution in [0.5, 0.6) is 0 Å². The van der Waals surface area contributed by atoms with Gasteiger partial charge in [-0.1, -0.05) is 6.92 Å². The van der Waals surface area contributed by atoms with Crippen LogP contribution in [0.3, 0.4) is 0 Å². The maximum atomic E-state index is 11.5. The van der Waals surface area contributed by atoms with Gasteiger partial charge in [-0.3, -0.25) is 14.9 Å². The first-order valence-electron chi connectivity index (χ1n) is 6.27. The van der Waals surface area contributed by atoms with Gasteiger partial charge in [-0.25, -0.2) is 4.98 Å². The van der Waals surface area contributed by atoms with Gasteiger partial charge in [0.05, 0.1) is 16.6 Å². The molecular formula is C12H16N4O4. The second kappa shape index (κ2) is 5.41. The van der Waals surface area contributed by atoms with Crippen LogP contribution in [-0.4, -0.2) is 40.1 Å². The number of β-amino-alcohol motifs (C(OH)–C–C–N with tert-alkyl or cyclic N) is 1. The summed E-state index contributed by atoms with van der Waals surface area (Å²) in [6.07, 6.45) is 1.31. The Labute approximate surface area is 115 Å². The Bertz CT molecular complexity index is 548. The number of aromatic nitrogens is 1. The van der Waals surface area contributed by atoms with Crippen molar-refractivity contribution in [3.8, 4) is 0 Å². The van der Waals surface area contributed by atoms with E-state index in [1.165, 1.54) is 0 Å². The predicted octanol–water partition coefficient (Wildman–Crippen LogP) is 0.296. The minimum absolute atomic E-state index is 0.000882. The molecule has 8 heteroatoms. The largest absolute Gasteiger partial charge is 0.391 e. The number of nitrogens with zero attached hydrogens (tertiary/aromatic N) is 3. The van der Waals surface area contributed by atoms with E-state index < -0.39 is 16.9 Å². The molecule has 0 spiro atoms. The number of amides is 1. The van der Waals surface area contributed by atoms with Crippen molar-refractivity contribution in [2.24, 2.45) is 11.7 Å². The van der Waals surface area contributed by atoms with Gasteiger partial charge in [0.1, 0.15) is 12.0 Å². The predicted molar refractivity (Wildman–Crippen MR) is 71.4 cm³/mol. The van der Waals surface area contributed by atoms with Gasteiger partial charge in [0.2, 0.25) is 0 Å². The van der Waals surface area contributed by atoms with E-state index in [1.807, 2.05) is 6.92 Å². The molecule has 2 rings (SSSR count). The molecule has 1 aliphatic rings. The molecule has 0 bridgehead atoms. The zero-order valence-corrected chi connectivity index (χ0v) is 11.0. The van der Waals surface area contributed by atoms with Crippen LogP contribution in [0.15, 0.2) is 12.3 Å². The molecule has 108 valence electrons. The molecule has 0 aliphatic carbocycles. The average Bonchev–Trinajstić information content (AvgIpc) is 2.41. The van der Waals surface area contributed by atoms with E-state index in [4.69, 9.17) is 5.73 Å². The molecule has 1 amide bonds. The number of rotatable bonds is 3. The summed E-state index contributed by atoms with van der Waals surface area (Å²) >= 11 is 0. The Balaban J connectivity index is 2.36. The molecule has 2 unspecified atom stereocenters. The maximum Gasteiger partial charge on any atom is 0.288 e. The Hall–Kier alpha value is -2.22. The van der Waals surface area contributed by atoms with Gasteiger partial charge < -0.3 is 15.7 Å². The highest BCUT2D eigenvalue weighted by Crippen LogP contribution is 2.26. The number of hydrogen-bond acceptors (Lipinski definition) is 6. The van der Waals surface area contributed by atoms with Gasteiger partial charge in [-0.15, -0.1) is 0 Å². The standard InChI is InChI=1S/C12H16N4O4/c1-7-2-3-15(6-10(7)17)12-9(11(13)18)4-8(5-14-12)16(19)20/h4-5,7,10,17H,2-3,6H2,1H3,(H2,13,18). The van der Waals surface area contributed by atoms with Crippen molar-refractivity contribution in [1.82, 2.24) is 4.98 Å². The molecule has 0 radical (unpaired) electrons. The van der Waals surface area contributed by atoms with Gasteiger partial charge in [0.25, 0.3) is 11.6 Å². The van der Waals surface area contributed by atoms with E-state index in [-0.39, 0.29) is 23.0 Å². The number of piperidine rings is 1. The summed E-state index contributed by atoms with van der Waals surface area (Å²) in [6, 6.07) is 1.12. The van der Waals surface area contributed by atoms with E-state index in [0.717, 1.165) is 18.7 Å². The third kappa shape index (κ3) is 2.69. The van der Waals surface area contributed by atoms with E-state index in [9.17, 15) is 20.0 Å². The van der Waals surface area contributed by atoms with Crippen LogP contribution in [0.1, 0.15) is 23.7 Å². The van der Waals surface area contributed by atoms with Crippen LogP contribution in [0.25, 0.3) is 0 Å². The fourth-order valence-electron chi connectivity index (χ4n) is 2.22. The van der Waals surface area contributed by atoms with Crippen LogP contribution < -0.4 is 10.6 Å². The van der Waals surface area contributed by atoms with Crippen molar-refractivity contribution in [3.63, 3.8) is 0 Å². The monoisotopic (exact) mass is 280 g/mol. The van der Waals surface area contributed by atoms with Crippen LogP contribution >= 0.6 is 0 Å². The summed E-state index contributed by atoms with van der Waals surface area (Å²) in [4.78, 5) is 27.3. The van der Waals surface area contributed by atoms with Gasteiger partial charge in [-0.2, -0.15) is 0 Å². The number of nitrogens with two attached hydrogens (primary N) is 1. The van der Waals surface area contributed by atoms with Crippen molar-refractivity contribution in [1.29, 1.82) is 0 Å². The first kappa shape index (κ1) is 14.2. The van der Waals surface area contributed by atoms with E-state index in [0.29, 0.717) is 13.1 Å². The minimum atomic E-state index is -0.774. The Morgan fingerprint density at radius 3 is 2.90 bits per heavy atom. The van der Waals surface area contributed by atoms with E-state index >= 15 is 0 Å². The third-order valence-corrected chi connectivity index (χ3v) is 3.55. The fraction of sp³-hybridized carbons (Fsp3) is 0.500. The van der Waals surface area contributed by atoms with Crippen LogP contribution in [-0.2, 0) is 0 Å². The van der Waals surface area contributed by atoms with Crippen molar-refractivity contribution in [2.75, 3.05) is 18.0 Å². The molecule has 1 saturated heterocycles. The van der Waals surface area contributed by atoms with E-state index in [1.54, 1.807) is 4.90 Å². The quantitative estimate of drug-likeness (QED) is 0.606. The number of anilines is 1. The number of nitro groups is 1. The summed E-state index contributed by atoms with van der Waals surface area (Å²) in [7, 11) is 0. The molecule has 1 aromatic rings. The van der Waals surface area contributed by atoms with Gasteiger partial charge >= 0.3 is 0 Å². The minimum Gasteiger partial charge on any atom is -0.391 e. The molecule has 2 heterocycles. The first-order chi connectivity index (χ1) is 9.40. The molecule has 1 fully saturated rings. The van der Waals surface area contributed by atoms with Crippen molar-refractivity contribution in [3.05, 3.63) is 27.9 Å². The van der Waals surface area contributed by atoms with Crippen molar-refractivity contribution >= 4 is 17.4 Å². The Kier molecular flexibility index (Phi) is 3.84. The first-order valence-corrected chi connectivity index (χ1v) is 6.27. The summed E-state index contributed by atoms with van der Waals surface area (Å²) < 4.78 is 0. The Morgan fingerprint density at radius 1 is 1.65 bits per heavy atom. The number of hydrogen-bond donors (Lipinski definition) is 2.